The lowest BCUT2D eigenvalue weighted by atomic mass is 9.93. The maximum Gasteiger partial charge on any atom is 0.122 e. The lowest BCUT2D eigenvalue weighted by Gasteiger charge is -2.19. The van der Waals surface area contributed by atoms with Gasteiger partial charge in [0.05, 0.1) is 13.2 Å². The Bertz CT molecular complexity index is 299. The van der Waals surface area contributed by atoms with E-state index in [9.17, 15) is 5.11 Å². The zero-order valence-electron chi connectivity index (χ0n) is 9.31. The molecule has 1 aromatic carbocycles. The smallest absolute Gasteiger partial charge is 0.122 e. The van der Waals surface area contributed by atoms with Crippen molar-refractivity contribution in [2.45, 2.75) is 25.4 Å². The number of hydrogen-bond acceptors (Lipinski definition) is 3. The molecule has 0 aliphatic rings. The first kappa shape index (κ1) is 12.0. The number of aliphatic hydroxyl groups excluding tert-OH is 1. The first-order valence-corrected chi connectivity index (χ1v) is 5.20. The molecule has 0 aliphatic carbocycles. The summed E-state index contributed by atoms with van der Waals surface area (Å²) in [6, 6.07) is 7.81. The highest BCUT2D eigenvalue weighted by Gasteiger charge is 2.16. The Morgan fingerprint density at radius 2 is 2.07 bits per heavy atom. The molecule has 0 aromatic heterocycles. The van der Waals surface area contributed by atoms with Crippen LogP contribution < -0.4 is 10.5 Å². The summed E-state index contributed by atoms with van der Waals surface area (Å²) in [5.74, 6) is 0.995. The van der Waals surface area contributed by atoms with Gasteiger partial charge in [-0.25, -0.2) is 0 Å². The zero-order valence-corrected chi connectivity index (χ0v) is 9.31. The summed E-state index contributed by atoms with van der Waals surface area (Å²) in [4.78, 5) is 0. The maximum absolute atomic E-state index is 9.38. The summed E-state index contributed by atoms with van der Waals surface area (Å²) in [6.07, 6.45) is 0.320. The Morgan fingerprint density at radius 1 is 1.40 bits per heavy atom. The van der Waals surface area contributed by atoms with Crippen molar-refractivity contribution in [3.05, 3.63) is 29.8 Å². The first-order chi connectivity index (χ1) is 7.19. The quantitative estimate of drug-likeness (QED) is 0.772. The van der Waals surface area contributed by atoms with Gasteiger partial charge >= 0.3 is 0 Å². The van der Waals surface area contributed by atoms with E-state index < -0.39 is 0 Å². The zero-order chi connectivity index (χ0) is 11.3. The van der Waals surface area contributed by atoms with Gasteiger partial charge < -0.3 is 15.6 Å². The molecule has 0 spiro atoms. The maximum atomic E-state index is 9.38. The van der Waals surface area contributed by atoms with Crippen LogP contribution in [0, 0.1) is 0 Å². The molecule has 0 fully saturated rings. The molecule has 3 heteroatoms. The van der Waals surface area contributed by atoms with Gasteiger partial charge in [0.25, 0.3) is 0 Å². The predicted octanol–water partition coefficient (Wildman–Crippen LogP) is 1.51. The van der Waals surface area contributed by atoms with Crippen molar-refractivity contribution in [1.82, 2.24) is 0 Å². The molecule has 3 N–H and O–H groups in total. The monoisotopic (exact) mass is 209 g/mol. The van der Waals surface area contributed by atoms with Gasteiger partial charge in [0.1, 0.15) is 5.75 Å². The van der Waals surface area contributed by atoms with Gasteiger partial charge in [-0.1, -0.05) is 18.2 Å². The lowest BCUT2D eigenvalue weighted by Crippen LogP contribution is -2.18. The first-order valence-electron chi connectivity index (χ1n) is 5.20. The fourth-order valence-corrected chi connectivity index (χ4v) is 1.77. The summed E-state index contributed by atoms with van der Waals surface area (Å²) in [6.45, 7) is 2.29. The van der Waals surface area contributed by atoms with Crippen molar-refractivity contribution in [3.8, 4) is 5.75 Å². The van der Waals surface area contributed by atoms with E-state index in [4.69, 9.17) is 10.5 Å². The minimum Gasteiger partial charge on any atom is -0.496 e. The van der Waals surface area contributed by atoms with Crippen LogP contribution >= 0.6 is 0 Å². The molecule has 0 aliphatic heterocycles. The highest BCUT2D eigenvalue weighted by molar-refractivity contribution is 5.36. The molecule has 0 heterocycles. The van der Waals surface area contributed by atoms with E-state index in [1.807, 2.05) is 24.3 Å². The molecule has 0 bridgehead atoms. The fourth-order valence-electron chi connectivity index (χ4n) is 1.77. The van der Waals surface area contributed by atoms with Crippen LogP contribution in [0.4, 0.5) is 0 Å². The normalized spacial score (nSPS) is 14.7. The number of para-hydroxylation sites is 1. The molecule has 0 amide bonds. The van der Waals surface area contributed by atoms with E-state index >= 15 is 0 Å². The Hall–Kier alpha value is -1.06. The second kappa shape index (κ2) is 5.73. The third-order valence-corrected chi connectivity index (χ3v) is 2.49. The molecule has 3 nitrogen and oxygen atoms in total. The van der Waals surface area contributed by atoms with Crippen molar-refractivity contribution in [1.29, 1.82) is 0 Å². The van der Waals surface area contributed by atoms with Crippen LogP contribution in [-0.4, -0.2) is 24.9 Å². The van der Waals surface area contributed by atoms with Gasteiger partial charge in [0.2, 0.25) is 0 Å². The van der Waals surface area contributed by atoms with Gasteiger partial charge in [0.15, 0.2) is 0 Å². The molecule has 1 aromatic rings. The van der Waals surface area contributed by atoms with Crippen LogP contribution in [0.3, 0.4) is 0 Å². The minimum absolute atomic E-state index is 0.154. The van der Waals surface area contributed by atoms with E-state index in [0.29, 0.717) is 13.0 Å². The number of methoxy groups -OCH3 is 1. The number of rotatable bonds is 5. The summed E-state index contributed by atoms with van der Waals surface area (Å²) in [5, 5.41) is 9.38. The van der Waals surface area contributed by atoms with Gasteiger partial charge in [0, 0.05) is 5.92 Å². The van der Waals surface area contributed by atoms with Gasteiger partial charge in [-0.15, -0.1) is 0 Å². The molecular weight excluding hydrogens is 190 g/mol. The number of nitrogens with two attached hydrogens (primary N) is 1. The SMILES string of the molecule is COc1ccccc1C(CN)CC(C)O. The third kappa shape index (κ3) is 3.22. The van der Waals surface area contributed by atoms with Crippen molar-refractivity contribution >= 4 is 0 Å². The average Bonchev–Trinajstić information content (AvgIpc) is 2.25. The Labute approximate surface area is 90.9 Å². The van der Waals surface area contributed by atoms with Crippen molar-refractivity contribution in [2.75, 3.05) is 13.7 Å². The highest BCUT2D eigenvalue weighted by atomic mass is 16.5. The van der Waals surface area contributed by atoms with Crippen LogP contribution in [0.1, 0.15) is 24.8 Å². The second-order valence-corrected chi connectivity index (χ2v) is 3.76. The molecule has 84 valence electrons. The number of aliphatic hydroxyl groups is 1. The Morgan fingerprint density at radius 3 is 2.60 bits per heavy atom. The van der Waals surface area contributed by atoms with Crippen molar-refractivity contribution < 1.29 is 9.84 Å². The molecule has 0 saturated carbocycles. The Kier molecular flexibility index (Phi) is 4.59. The van der Waals surface area contributed by atoms with Crippen LogP contribution in [0.25, 0.3) is 0 Å². The predicted molar refractivity (Wildman–Crippen MR) is 61.1 cm³/mol. The van der Waals surface area contributed by atoms with Crippen LogP contribution in [0.5, 0.6) is 5.75 Å². The van der Waals surface area contributed by atoms with E-state index in [0.717, 1.165) is 11.3 Å². The van der Waals surface area contributed by atoms with E-state index in [1.54, 1.807) is 14.0 Å². The van der Waals surface area contributed by atoms with Crippen LogP contribution in [0.15, 0.2) is 24.3 Å². The molecular formula is C12H19NO2. The Balaban J connectivity index is 2.90. The topological polar surface area (TPSA) is 55.5 Å². The van der Waals surface area contributed by atoms with E-state index in [1.165, 1.54) is 0 Å². The molecule has 2 unspecified atom stereocenters. The van der Waals surface area contributed by atoms with Crippen LogP contribution in [0.2, 0.25) is 0 Å². The second-order valence-electron chi connectivity index (χ2n) is 3.76. The summed E-state index contributed by atoms with van der Waals surface area (Å²) in [5.41, 5.74) is 6.78. The largest absolute Gasteiger partial charge is 0.496 e. The van der Waals surface area contributed by atoms with E-state index in [-0.39, 0.29) is 12.0 Å². The van der Waals surface area contributed by atoms with Crippen molar-refractivity contribution in [3.63, 3.8) is 0 Å². The number of benzene rings is 1. The molecule has 15 heavy (non-hydrogen) atoms. The minimum atomic E-state index is -0.344. The molecule has 0 radical (unpaired) electrons. The summed E-state index contributed by atoms with van der Waals surface area (Å²) in [7, 11) is 1.65. The molecule has 0 saturated heterocycles. The molecule has 1 rings (SSSR count). The van der Waals surface area contributed by atoms with E-state index in [2.05, 4.69) is 0 Å². The fraction of sp³-hybridized carbons (Fsp3) is 0.500. The average molecular weight is 209 g/mol. The highest BCUT2D eigenvalue weighted by Crippen LogP contribution is 2.28. The standard InChI is InChI=1S/C12H19NO2/c1-9(14)7-10(8-13)11-5-3-4-6-12(11)15-2/h3-6,9-10,14H,7-8,13H2,1-2H3. The van der Waals surface area contributed by atoms with Gasteiger partial charge in [-0.05, 0) is 31.5 Å². The lowest BCUT2D eigenvalue weighted by molar-refractivity contribution is 0.174. The third-order valence-electron chi connectivity index (χ3n) is 2.49. The summed E-state index contributed by atoms with van der Waals surface area (Å²) < 4.78 is 5.27. The van der Waals surface area contributed by atoms with Crippen molar-refractivity contribution in [2.24, 2.45) is 5.73 Å². The molecule has 2 atom stereocenters. The number of hydrogen-bond donors (Lipinski definition) is 2. The van der Waals surface area contributed by atoms with Crippen LogP contribution in [-0.2, 0) is 0 Å². The van der Waals surface area contributed by atoms with Gasteiger partial charge in [-0.2, -0.15) is 0 Å². The summed E-state index contributed by atoms with van der Waals surface area (Å²) >= 11 is 0. The number of ether oxygens (including phenoxy) is 1. The van der Waals surface area contributed by atoms with Gasteiger partial charge in [-0.3, -0.25) is 0 Å².